The van der Waals surface area contributed by atoms with E-state index in [1.165, 1.54) is 43.7 Å². The molecule has 1 aromatic heterocycles. The first-order valence-electron chi connectivity index (χ1n) is 8.52. The lowest BCUT2D eigenvalue weighted by Crippen LogP contribution is -2.14. The maximum absolute atomic E-state index is 12.6. The first-order chi connectivity index (χ1) is 13.4. The van der Waals surface area contributed by atoms with Gasteiger partial charge in [-0.05, 0) is 36.4 Å². The summed E-state index contributed by atoms with van der Waals surface area (Å²) in [4.78, 5) is 35.8. The Bertz CT molecular complexity index is 1080. The highest BCUT2D eigenvalue weighted by Crippen LogP contribution is 2.24. The minimum absolute atomic E-state index is 0.00903. The smallest absolute Gasteiger partial charge is 0.337 e. The van der Waals surface area contributed by atoms with Crippen molar-refractivity contribution in [2.45, 2.75) is 13.8 Å². The molecule has 28 heavy (non-hydrogen) atoms. The number of carbonyl (C=O) groups excluding carboxylic acids is 2. The third kappa shape index (κ3) is 4.03. The van der Waals surface area contributed by atoms with Crippen LogP contribution >= 0.6 is 0 Å². The molecule has 0 aliphatic carbocycles. The molecule has 0 aliphatic rings. The number of carbonyl (C=O) groups is 2. The Kier molecular flexibility index (Phi) is 5.44. The Hall–Kier alpha value is -3.61. The van der Waals surface area contributed by atoms with E-state index in [2.05, 4.69) is 4.74 Å². The number of esters is 2. The summed E-state index contributed by atoms with van der Waals surface area (Å²) in [6, 6.07) is 10.7. The molecular weight excluding hydrogens is 364 g/mol. The summed E-state index contributed by atoms with van der Waals surface area (Å²) in [5.41, 5.74) is 0.261. The lowest BCUT2D eigenvalue weighted by Gasteiger charge is -2.08. The van der Waals surface area contributed by atoms with Crippen molar-refractivity contribution in [3.63, 3.8) is 0 Å². The molecule has 0 saturated heterocycles. The van der Waals surface area contributed by atoms with Crippen LogP contribution in [0.5, 0.6) is 17.2 Å². The lowest BCUT2D eigenvalue weighted by molar-refractivity contribution is -0.137. The van der Waals surface area contributed by atoms with E-state index < -0.39 is 5.97 Å². The summed E-state index contributed by atoms with van der Waals surface area (Å²) in [6.07, 6.45) is 1.19. The van der Waals surface area contributed by atoms with Crippen molar-refractivity contribution >= 4 is 22.9 Å². The number of rotatable bonds is 5. The average molecular weight is 382 g/mol. The van der Waals surface area contributed by atoms with E-state index in [9.17, 15) is 14.4 Å². The monoisotopic (exact) mass is 382 g/mol. The van der Waals surface area contributed by atoms with Crippen LogP contribution in [-0.2, 0) is 9.53 Å². The zero-order valence-corrected chi connectivity index (χ0v) is 15.6. The van der Waals surface area contributed by atoms with Crippen LogP contribution in [0.4, 0.5) is 0 Å². The second-order valence-electron chi connectivity index (χ2n) is 6.28. The van der Waals surface area contributed by atoms with Crippen LogP contribution in [0.2, 0.25) is 0 Å². The molecule has 3 rings (SSSR count). The number of hydrogen-bond acceptors (Lipinski definition) is 7. The molecular formula is C21H18O7. The first-order valence-corrected chi connectivity index (χ1v) is 8.52. The number of benzene rings is 2. The van der Waals surface area contributed by atoms with Gasteiger partial charge < -0.3 is 18.6 Å². The van der Waals surface area contributed by atoms with E-state index in [0.29, 0.717) is 17.1 Å². The Morgan fingerprint density at radius 3 is 2.32 bits per heavy atom. The zero-order valence-electron chi connectivity index (χ0n) is 15.6. The number of fused-ring (bicyclic) bond motifs is 1. The molecule has 0 saturated carbocycles. The van der Waals surface area contributed by atoms with Crippen molar-refractivity contribution in [1.29, 1.82) is 0 Å². The quantitative estimate of drug-likeness (QED) is 0.487. The van der Waals surface area contributed by atoms with Gasteiger partial charge in [0.2, 0.25) is 11.2 Å². The van der Waals surface area contributed by atoms with Gasteiger partial charge in [-0.25, -0.2) is 4.79 Å². The molecule has 0 aliphatic heterocycles. The van der Waals surface area contributed by atoms with Crippen molar-refractivity contribution in [3.8, 4) is 17.2 Å². The molecule has 7 nitrogen and oxygen atoms in total. The number of hydrogen-bond donors (Lipinski definition) is 0. The van der Waals surface area contributed by atoms with Crippen LogP contribution in [0.25, 0.3) is 11.0 Å². The Labute approximate surface area is 160 Å². The van der Waals surface area contributed by atoms with E-state index in [1.54, 1.807) is 26.0 Å². The summed E-state index contributed by atoms with van der Waals surface area (Å²) in [5.74, 6) is -0.472. The van der Waals surface area contributed by atoms with Crippen LogP contribution in [0.1, 0.15) is 24.2 Å². The highest BCUT2D eigenvalue weighted by atomic mass is 16.5. The van der Waals surface area contributed by atoms with E-state index in [-0.39, 0.29) is 34.0 Å². The van der Waals surface area contributed by atoms with Crippen molar-refractivity contribution in [1.82, 2.24) is 0 Å². The summed E-state index contributed by atoms with van der Waals surface area (Å²) in [7, 11) is 1.29. The van der Waals surface area contributed by atoms with Gasteiger partial charge in [0.15, 0.2) is 0 Å². The molecule has 0 amide bonds. The molecule has 0 spiro atoms. The molecule has 0 N–H and O–H groups in total. The molecule has 7 heteroatoms. The normalized spacial score (nSPS) is 10.7. The lowest BCUT2D eigenvalue weighted by atomic mass is 10.2. The molecule has 0 bridgehead atoms. The Balaban J connectivity index is 1.85. The fourth-order valence-electron chi connectivity index (χ4n) is 2.36. The molecule has 0 atom stereocenters. The molecule has 144 valence electrons. The SMILES string of the molecule is COC(=O)c1ccc(Oc2coc3cc(OC(=O)C(C)C)ccc3c2=O)cc1. The Morgan fingerprint density at radius 2 is 1.68 bits per heavy atom. The van der Waals surface area contributed by atoms with E-state index >= 15 is 0 Å². The van der Waals surface area contributed by atoms with Gasteiger partial charge in [0.1, 0.15) is 23.3 Å². The highest BCUT2D eigenvalue weighted by molar-refractivity contribution is 5.89. The van der Waals surface area contributed by atoms with E-state index in [1.807, 2.05) is 0 Å². The number of ether oxygens (including phenoxy) is 3. The second-order valence-corrected chi connectivity index (χ2v) is 6.28. The first kappa shape index (κ1) is 19.2. The minimum atomic E-state index is -0.467. The number of methoxy groups -OCH3 is 1. The topological polar surface area (TPSA) is 92.0 Å². The van der Waals surface area contributed by atoms with Gasteiger partial charge >= 0.3 is 11.9 Å². The van der Waals surface area contributed by atoms with Crippen molar-refractivity contribution < 1.29 is 28.2 Å². The van der Waals surface area contributed by atoms with Crippen LogP contribution in [-0.4, -0.2) is 19.0 Å². The van der Waals surface area contributed by atoms with Gasteiger partial charge in [-0.2, -0.15) is 0 Å². The van der Waals surface area contributed by atoms with Gasteiger partial charge in [0.05, 0.1) is 24.0 Å². The second kappa shape index (κ2) is 7.96. The summed E-state index contributed by atoms with van der Waals surface area (Å²) in [5, 5.41) is 0.285. The maximum atomic E-state index is 12.6. The average Bonchev–Trinajstić information content (AvgIpc) is 2.70. The van der Waals surface area contributed by atoms with Crippen molar-refractivity contribution in [2.24, 2.45) is 5.92 Å². The zero-order chi connectivity index (χ0) is 20.3. The third-order valence-electron chi connectivity index (χ3n) is 3.91. The van der Waals surface area contributed by atoms with E-state index in [4.69, 9.17) is 13.9 Å². The van der Waals surface area contributed by atoms with Crippen LogP contribution in [0.3, 0.4) is 0 Å². The predicted octanol–water partition coefficient (Wildman–Crippen LogP) is 3.93. The fraction of sp³-hybridized carbons (Fsp3) is 0.190. The van der Waals surface area contributed by atoms with Crippen LogP contribution in [0.15, 0.2) is 57.9 Å². The van der Waals surface area contributed by atoms with Crippen LogP contribution in [0, 0.1) is 5.92 Å². The van der Waals surface area contributed by atoms with Crippen molar-refractivity contribution in [3.05, 3.63) is 64.5 Å². The molecule has 0 radical (unpaired) electrons. The minimum Gasteiger partial charge on any atom is -0.465 e. The molecule has 0 fully saturated rings. The Morgan fingerprint density at radius 1 is 1.00 bits per heavy atom. The third-order valence-corrected chi connectivity index (χ3v) is 3.91. The van der Waals surface area contributed by atoms with Gasteiger partial charge in [0, 0.05) is 6.07 Å². The fourth-order valence-corrected chi connectivity index (χ4v) is 2.36. The van der Waals surface area contributed by atoms with Crippen molar-refractivity contribution in [2.75, 3.05) is 7.11 Å². The van der Waals surface area contributed by atoms with Gasteiger partial charge in [-0.3, -0.25) is 9.59 Å². The standard InChI is InChI=1S/C21H18O7/c1-12(2)20(23)28-15-8-9-16-17(10-15)26-11-18(19(16)22)27-14-6-4-13(5-7-14)21(24)25-3/h4-12H,1-3H3. The van der Waals surface area contributed by atoms with Gasteiger partial charge in [0.25, 0.3) is 0 Å². The maximum Gasteiger partial charge on any atom is 0.337 e. The van der Waals surface area contributed by atoms with Crippen LogP contribution < -0.4 is 14.9 Å². The summed E-state index contributed by atoms with van der Waals surface area (Å²) >= 11 is 0. The highest BCUT2D eigenvalue weighted by Gasteiger charge is 2.14. The van der Waals surface area contributed by atoms with E-state index in [0.717, 1.165) is 0 Å². The predicted molar refractivity (Wildman–Crippen MR) is 101 cm³/mol. The summed E-state index contributed by atoms with van der Waals surface area (Å²) in [6.45, 7) is 3.45. The van der Waals surface area contributed by atoms with Gasteiger partial charge in [-0.15, -0.1) is 0 Å². The van der Waals surface area contributed by atoms with Gasteiger partial charge in [-0.1, -0.05) is 13.8 Å². The largest absolute Gasteiger partial charge is 0.465 e. The molecule has 1 heterocycles. The molecule has 0 unspecified atom stereocenters. The molecule has 2 aromatic carbocycles. The summed E-state index contributed by atoms with van der Waals surface area (Å²) < 4.78 is 20.9. The molecule has 3 aromatic rings.